The molecule has 1 heterocycles. The summed E-state index contributed by atoms with van der Waals surface area (Å²) in [6.45, 7) is 0.513. The molecular formula is C21H16BrNO4S. The van der Waals surface area contributed by atoms with Gasteiger partial charge in [0.2, 0.25) is 0 Å². The zero-order valence-corrected chi connectivity index (χ0v) is 17.2. The molecule has 0 unspecified atom stereocenters. The van der Waals surface area contributed by atoms with E-state index in [0.717, 1.165) is 16.2 Å². The van der Waals surface area contributed by atoms with E-state index in [4.69, 9.17) is 15.9 Å². The van der Waals surface area contributed by atoms with Crippen LogP contribution in [0.5, 0.6) is 11.5 Å². The van der Waals surface area contributed by atoms with Gasteiger partial charge < -0.3 is 9.47 Å². The van der Waals surface area contributed by atoms with Crippen molar-refractivity contribution >= 4 is 44.9 Å². The SMILES string of the molecule is C#CCOc1ccc(Br)cc1/C=C1\SC(=O)N(CCOc2ccccc2)C1=O. The molecule has 0 aliphatic carbocycles. The summed E-state index contributed by atoms with van der Waals surface area (Å²) in [7, 11) is 0. The van der Waals surface area contributed by atoms with E-state index in [2.05, 4.69) is 21.9 Å². The van der Waals surface area contributed by atoms with E-state index in [1.165, 1.54) is 4.90 Å². The lowest BCUT2D eigenvalue weighted by Crippen LogP contribution is -2.32. The Hall–Kier alpha value is -2.69. The number of hydrogen-bond acceptors (Lipinski definition) is 5. The van der Waals surface area contributed by atoms with Crippen molar-refractivity contribution in [3.8, 4) is 23.8 Å². The number of ether oxygens (including phenoxy) is 2. The quantitative estimate of drug-likeness (QED) is 0.449. The molecule has 1 saturated heterocycles. The molecule has 7 heteroatoms. The molecular weight excluding hydrogens is 442 g/mol. The molecule has 0 N–H and O–H groups in total. The molecule has 0 radical (unpaired) electrons. The second-order valence-electron chi connectivity index (χ2n) is 5.67. The number of nitrogens with zero attached hydrogens (tertiary/aromatic N) is 1. The predicted molar refractivity (Wildman–Crippen MR) is 113 cm³/mol. The van der Waals surface area contributed by atoms with Crippen molar-refractivity contribution in [3.63, 3.8) is 0 Å². The largest absolute Gasteiger partial charge is 0.492 e. The lowest BCUT2D eigenvalue weighted by molar-refractivity contribution is -0.123. The summed E-state index contributed by atoms with van der Waals surface area (Å²) in [6, 6.07) is 14.6. The van der Waals surface area contributed by atoms with Crippen molar-refractivity contribution in [2.75, 3.05) is 19.8 Å². The second-order valence-corrected chi connectivity index (χ2v) is 7.58. The number of terminal acetylenes is 1. The second kappa shape index (κ2) is 9.49. The van der Waals surface area contributed by atoms with Gasteiger partial charge in [-0.05, 0) is 48.2 Å². The van der Waals surface area contributed by atoms with Gasteiger partial charge in [0, 0.05) is 10.0 Å². The first-order valence-electron chi connectivity index (χ1n) is 8.37. The fourth-order valence-corrected chi connectivity index (χ4v) is 3.72. The molecule has 0 spiro atoms. The molecule has 0 atom stereocenters. The maximum absolute atomic E-state index is 12.6. The molecule has 1 aliphatic rings. The van der Waals surface area contributed by atoms with Crippen LogP contribution in [0.2, 0.25) is 0 Å². The first kappa shape index (κ1) is 20.1. The van der Waals surface area contributed by atoms with Crippen LogP contribution >= 0.6 is 27.7 Å². The lowest BCUT2D eigenvalue weighted by Gasteiger charge is -2.13. The van der Waals surface area contributed by atoms with E-state index in [1.54, 1.807) is 18.2 Å². The molecule has 2 amide bonds. The smallest absolute Gasteiger partial charge is 0.293 e. The highest BCUT2D eigenvalue weighted by molar-refractivity contribution is 9.10. The van der Waals surface area contributed by atoms with Gasteiger partial charge in [0.1, 0.15) is 24.7 Å². The molecule has 142 valence electrons. The highest BCUT2D eigenvalue weighted by atomic mass is 79.9. The van der Waals surface area contributed by atoms with E-state index in [1.807, 2.05) is 36.4 Å². The number of hydrogen-bond donors (Lipinski definition) is 0. The number of imide groups is 1. The monoisotopic (exact) mass is 457 g/mol. The number of carbonyl (C=O) groups is 2. The fourth-order valence-electron chi connectivity index (χ4n) is 2.49. The number of carbonyl (C=O) groups excluding carboxylic acids is 2. The van der Waals surface area contributed by atoms with Crippen molar-refractivity contribution in [1.29, 1.82) is 0 Å². The van der Waals surface area contributed by atoms with Crippen LogP contribution in [0.1, 0.15) is 5.56 Å². The third-order valence-electron chi connectivity index (χ3n) is 3.77. The van der Waals surface area contributed by atoms with Crippen LogP contribution in [0, 0.1) is 12.3 Å². The van der Waals surface area contributed by atoms with Crippen molar-refractivity contribution in [2.45, 2.75) is 0 Å². The average Bonchev–Trinajstić information content (AvgIpc) is 2.95. The van der Waals surface area contributed by atoms with Crippen molar-refractivity contribution in [2.24, 2.45) is 0 Å². The Labute approximate surface area is 175 Å². The van der Waals surface area contributed by atoms with Crippen LogP contribution < -0.4 is 9.47 Å². The first-order valence-corrected chi connectivity index (χ1v) is 9.98. The number of amides is 2. The van der Waals surface area contributed by atoms with Gasteiger partial charge in [-0.1, -0.05) is 40.0 Å². The normalized spacial score (nSPS) is 15.0. The Kier molecular flexibility index (Phi) is 6.80. The maximum atomic E-state index is 12.6. The molecule has 1 fully saturated rings. The number of benzene rings is 2. The van der Waals surface area contributed by atoms with Crippen molar-refractivity contribution in [3.05, 3.63) is 63.5 Å². The molecule has 0 aromatic heterocycles. The Morgan fingerprint density at radius 3 is 2.68 bits per heavy atom. The topological polar surface area (TPSA) is 55.8 Å². The van der Waals surface area contributed by atoms with Gasteiger partial charge in [0.15, 0.2) is 0 Å². The summed E-state index contributed by atoms with van der Waals surface area (Å²) in [5.41, 5.74) is 0.663. The number of rotatable bonds is 7. The lowest BCUT2D eigenvalue weighted by atomic mass is 10.2. The maximum Gasteiger partial charge on any atom is 0.293 e. The van der Waals surface area contributed by atoms with Crippen LogP contribution in [-0.4, -0.2) is 35.8 Å². The average molecular weight is 458 g/mol. The molecule has 3 rings (SSSR count). The number of halogens is 1. The van der Waals surface area contributed by atoms with Gasteiger partial charge in [0.25, 0.3) is 11.1 Å². The summed E-state index contributed by atoms with van der Waals surface area (Å²) >= 11 is 4.29. The van der Waals surface area contributed by atoms with E-state index < -0.39 is 0 Å². The zero-order valence-electron chi connectivity index (χ0n) is 14.8. The van der Waals surface area contributed by atoms with Crippen molar-refractivity contribution in [1.82, 2.24) is 4.90 Å². The van der Waals surface area contributed by atoms with Crippen LogP contribution in [0.4, 0.5) is 4.79 Å². The number of thioether (sulfide) groups is 1. The minimum Gasteiger partial charge on any atom is -0.492 e. The van der Waals surface area contributed by atoms with E-state index >= 15 is 0 Å². The Morgan fingerprint density at radius 2 is 1.93 bits per heavy atom. The van der Waals surface area contributed by atoms with Crippen LogP contribution in [0.25, 0.3) is 6.08 Å². The third-order valence-corrected chi connectivity index (χ3v) is 5.17. The highest BCUT2D eigenvalue weighted by Gasteiger charge is 2.35. The highest BCUT2D eigenvalue weighted by Crippen LogP contribution is 2.34. The van der Waals surface area contributed by atoms with Gasteiger partial charge in [-0.3, -0.25) is 14.5 Å². The minimum atomic E-state index is -0.352. The minimum absolute atomic E-state index is 0.112. The van der Waals surface area contributed by atoms with Gasteiger partial charge in [-0.2, -0.15) is 0 Å². The zero-order chi connectivity index (χ0) is 19.9. The Bertz CT molecular complexity index is 953. The van der Waals surface area contributed by atoms with Gasteiger partial charge >= 0.3 is 0 Å². The van der Waals surface area contributed by atoms with E-state index in [9.17, 15) is 9.59 Å². The summed E-state index contributed by atoms with van der Waals surface area (Å²) in [5, 5.41) is -0.325. The van der Waals surface area contributed by atoms with E-state index in [-0.39, 0.29) is 30.9 Å². The molecule has 2 aromatic rings. The van der Waals surface area contributed by atoms with Crippen LogP contribution in [0.15, 0.2) is 57.9 Å². The van der Waals surface area contributed by atoms with Crippen LogP contribution in [0.3, 0.4) is 0 Å². The van der Waals surface area contributed by atoms with Crippen molar-refractivity contribution < 1.29 is 19.1 Å². The first-order chi connectivity index (χ1) is 13.6. The molecule has 1 aliphatic heterocycles. The third kappa shape index (κ3) is 4.97. The summed E-state index contributed by atoms with van der Waals surface area (Å²) in [5.74, 6) is 3.29. The van der Waals surface area contributed by atoms with E-state index in [0.29, 0.717) is 22.0 Å². The molecule has 2 aromatic carbocycles. The summed E-state index contributed by atoms with van der Waals surface area (Å²) in [6.07, 6.45) is 6.88. The molecule has 0 saturated carbocycles. The van der Waals surface area contributed by atoms with Gasteiger partial charge in [-0.15, -0.1) is 6.42 Å². The Morgan fingerprint density at radius 1 is 1.14 bits per heavy atom. The summed E-state index contributed by atoms with van der Waals surface area (Å²) < 4.78 is 11.9. The Balaban J connectivity index is 1.71. The molecule has 5 nitrogen and oxygen atoms in total. The van der Waals surface area contributed by atoms with Gasteiger partial charge in [0.05, 0.1) is 11.4 Å². The molecule has 28 heavy (non-hydrogen) atoms. The van der Waals surface area contributed by atoms with Crippen LogP contribution in [-0.2, 0) is 4.79 Å². The standard InChI is InChI=1S/C21H16BrNO4S/c1-2-11-27-18-9-8-16(22)13-15(18)14-19-20(24)23(21(25)28-19)10-12-26-17-6-4-3-5-7-17/h1,3-9,13-14H,10-12H2/b19-14-. The fraction of sp³-hybridized carbons (Fsp3) is 0.143. The molecule has 0 bridgehead atoms. The predicted octanol–water partition coefficient (Wildman–Crippen LogP) is 4.58. The number of para-hydroxylation sites is 1. The summed E-state index contributed by atoms with van der Waals surface area (Å²) in [4.78, 5) is 26.4. The van der Waals surface area contributed by atoms with Gasteiger partial charge in [-0.25, -0.2) is 0 Å².